The van der Waals surface area contributed by atoms with Crippen LogP contribution in [0.1, 0.15) is 5.56 Å². The topological polar surface area (TPSA) is 123 Å². The average molecular weight is 287 g/mol. The lowest BCUT2D eigenvalue weighted by molar-refractivity contribution is -2.00. The molecule has 0 N–H and O–H groups in total. The van der Waals surface area contributed by atoms with Crippen LogP contribution in [0.5, 0.6) is 0 Å². The molecule has 2 aromatic heterocycles. The molecular weight excluding hydrogens is 276 g/mol. The second kappa shape index (κ2) is 6.98. The van der Waals surface area contributed by atoms with E-state index in [2.05, 4.69) is 4.57 Å². The highest BCUT2D eigenvalue weighted by Crippen LogP contribution is 1.93. The van der Waals surface area contributed by atoms with E-state index in [4.69, 9.17) is 18.6 Å². The number of rotatable bonds is 2. The summed E-state index contributed by atoms with van der Waals surface area (Å²) in [6.07, 6.45) is 7.02. The number of aromatic nitrogens is 2. The summed E-state index contributed by atoms with van der Waals surface area (Å²) in [6, 6.07) is 9.60. The first-order valence-electron chi connectivity index (χ1n) is 5.08. The minimum atomic E-state index is -4.94. The molecule has 0 atom stereocenters. The molecule has 0 aromatic carbocycles. The molecule has 7 nitrogen and oxygen atoms in total. The van der Waals surface area contributed by atoms with Crippen molar-refractivity contribution < 1.29 is 38.2 Å². The first kappa shape index (κ1) is 15.3. The number of nitrogens with zero attached hydrogens (tertiary/aromatic N) is 2. The Labute approximate surface area is 111 Å². The molecule has 2 heterocycles. The van der Waals surface area contributed by atoms with E-state index in [-0.39, 0.29) is 0 Å². The van der Waals surface area contributed by atoms with Crippen molar-refractivity contribution >= 4 is 0 Å². The van der Waals surface area contributed by atoms with Crippen molar-refractivity contribution in [2.45, 2.75) is 6.54 Å². The molecule has 0 aliphatic heterocycles. The molecule has 2 aromatic rings. The molecule has 0 aliphatic rings. The second-order valence-corrected chi connectivity index (χ2v) is 4.25. The molecule has 0 radical (unpaired) electrons. The van der Waals surface area contributed by atoms with Gasteiger partial charge in [0.2, 0.25) is 0 Å². The molecule has 0 spiro atoms. The van der Waals surface area contributed by atoms with Gasteiger partial charge in [-0.1, -0.05) is 6.07 Å². The zero-order valence-corrected chi connectivity index (χ0v) is 10.5. The Hall–Kier alpha value is -1.77. The van der Waals surface area contributed by atoms with Crippen molar-refractivity contribution in [1.29, 1.82) is 0 Å². The van der Waals surface area contributed by atoms with Crippen LogP contribution in [-0.2, 0) is 6.54 Å². The Balaban J connectivity index is 0.000000312. The third kappa shape index (κ3) is 8.03. The normalized spacial score (nSPS) is 10.5. The van der Waals surface area contributed by atoms with Crippen LogP contribution in [0.3, 0.4) is 0 Å². The van der Waals surface area contributed by atoms with Gasteiger partial charge in [-0.3, -0.25) is 0 Å². The van der Waals surface area contributed by atoms with E-state index in [0.29, 0.717) is 0 Å². The minimum absolute atomic E-state index is 0.791. The molecule has 8 heteroatoms. The Bertz CT molecular complexity index is 481. The Morgan fingerprint density at radius 3 is 1.79 bits per heavy atom. The quantitative estimate of drug-likeness (QED) is 0.410. The monoisotopic (exact) mass is 286 g/mol. The van der Waals surface area contributed by atoms with Crippen LogP contribution in [0.25, 0.3) is 0 Å². The fourth-order valence-corrected chi connectivity index (χ4v) is 1.30. The first-order chi connectivity index (χ1) is 8.84. The molecule has 2 rings (SSSR count). The van der Waals surface area contributed by atoms with Crippen molar-refractivity contribution in [1.82, 2.24) is 0 Å². The van der Waals surface area contributed by atoms with Crippen molar-refractivity contribution in [3.8, 4) is 0 Å². The zero-order chi connectivity index (χ0) is 14.3. The second-order valence-electron chi connectivity index (χ2n) is 3.49. The summed E-state index contributed by atoms with van der Waals surface area (Å²) in [6.45, 7) is 0.793. The highest BCUT2D eigenvalue weighted by Gasteiger charge is 2.01. The lowest BCUT2D eigenvalue weighted by Crippen LogP contribution is -2.68. The Morgan fingerprint density at radius 1 is 0.842 bits per heavy atom. The largest absolute Gasteiger partial charge is 0.619 e. The van der Waals surface area contributed by atoms with Crippen molar-refractivity contribution in [3.05, 3.63) is 65.9 Å². The van der Waals surface area contributed by atoms with Gasteiger partial charge in [-0.15, -0.1) is 10.2 Å². The predicted molar refractivity (Wildman–Crippen MR) is 51.1 cm³/mol. The van der Waals surface area contributed by atoms with E-state index in [1.54, 1.807) is 0 Å². The van der Waals surface area contributed by atoms with Gasteiger partial charge in [0, 0.05) is 29.8 Å². The minimum Gasteiger partial charge on any atom is -0.619 e. The van der Waals surface area contributed by atoms with E-state index in [9.17, 15) is 5.21 Å². The number of hydrogen-bond donors (Lipinski definition) is 0. The molecule has 0 aliphatic carbocycles. The summed E-state index contributed by atoms with van der Waals surface area (Å²) in [5.74, 6) is 0. The third-order valence-corrected chi connectivity index (χ3v) is 2.01. The molecule has 0 amide bonds. The standard InChI is InChI=1S/C11H11N2O.ClHO4/c14-13-8-4-11(5-9-13)10-12-6-2-1-3-7-12;2-1(3,4)5/h1-9H,10H2;(H,2,3,4,5)/q+1;/p-1. The summed E-state index contributed by atoms with van der Waals surface area (Å²) in [7, 11) is -4.94. The number of hydrogen-bond acceptors (Lipinski definition) is 5. The Kier molecular flexibility index (Phi) is 5.61. The summed E-state index contributed by atoms with van der Waals surface area (Å²) in [5.41, 5.74) is 1.12. The van der Waals surface area contributed by atoms with E-state index in [1.807, 2.05) is 42.7 Å². The highest BCUT2D eigenvalue weighted by molar-refractivity contribution is 5.05. The van der Waals surface area contributed by atoms with Crippen LogP contribution < -0.4 is 27.9 Å². The van der Waals surface area contributed by atoms with Gasteiger partial charge in [0.1, 0.15) is 0 Å². The van der Waals surface area contributed by atoms with Gasteiger partial charge in [-0.05, 0) is 0 Å². The summed E-state index contributed by atoms with van der Waals surface area (Å²) >= 11 is 0. The zero-order valence-electron chi connectivity index (χ0n) is 9.72. The molecule has 0 bridgehead atoms. The number of halogens is 1. The van der Waals surface area contributed by atoms with Crippen molar-refractivity contribution in [3.63, 3.8) is 0 Å². The van der Waals surface area contributed by atoms with Crippen LogP contribution >= 0.6 is 0 Å². The fourth-order valence-electron chi connectivity index (χ4n) is 1.30. The molecule has 0 saturated heterocycles. The van der Waals surface area contributed by atoms with Crippen LogP contribution in [-0.4, -0.2) is 0 Å². The molecule has 0 saturated carbocycles. The van der Waals surface area contributed by atoms with Gasteiger partial charge in [-0.25, -0.2) is 23.2 Å². The van der Waals surface area contributed by atoms with Gasteiger partial charge in [0.25, 0.3) is 0 Å². The first-order valence-corrected chi connectivity index (χ1v) is 6.31. The van der Waals surface area contributed by atoms with Gasteiger partial charge >= 0.3 is 0 Å². The van der Waals surface area contributed by atoms with Crippen LogP contribution in [0.4, 0.5) is 0 Å². The average Bonchev–Trinajstić information content (AvgIpc) is 2.31. The molecule has 19 heavy (non-hydrogen) atoms. The maximum Gasteiger partial charge on any atom is 0.180 e. The van der Waals surface area contributed by atoms with Crippen molar-refractivity contribution in [2.75, 3.05) is 0 Å². The van der Waals surface area contributed by atoms with Gasteiger partial charge < -0.3 is 5.21 Å². The summed E-state index contributed by atoms with van der Waals surface area (Å²) in [4.78, 5) is 0. The molecular formula is C11H11ClN2O5. The Morgan fingerprint density at radius 2 is 1.32 bits per heavy atom. The summed E-state index contributed by atoms with van der Waals surface area (Å²) < 4.78 is 36.8. The van der Waals surface area contributed by atoms with Crippen LogP contribution in [0.2, 0.25) is 0 Å². The lowest BCUT2D eigenvalue weighted by atomic mass is 10.2. The van der Waals surface area contributed by atoms with Crippen molar-refractivity contribution in [2.24, 2.45) is 0 Å². The number of pyridine rings is 2. The van der Waals surface area contributed by atoms with Gasteiger partial charge in [0.05, 0.1) is 0 Å². The lowest BCUT2D eigenvalue weighted by Gasteiger charge is -2.17. The van der Waals surface area contributed by atoms with Crippen LogP contribution in [0, 0.1) is 15.5 Å². The SMILES string of the molecule is [O-][Cl+3]([O-])([O-])[O-].[O-][n+]1ccc(C[n+]2ccccc2)cc1. The summed E-state index contributed by atoms with van der Waals surface area (Å²) in [5, 5.41) is 10.8. The van der Waals surface area contributed by atoms with E-state index in [1.165, 1.54) is 12.4 Å². The molecule has 0 fully saturated rings. The smallest absolute Gasteiger partial charge is 0.180 e. The van der Waals surface area contributed by atoms with E-state index in [0.717, 1.165) is 16.8 Å². The van der Waals surface area contributed by atoms with Gasteiger partial charge in [0.15, 0.2) is 31.3 Å². The van der Waals surface area contributed by atoms with E-state index >= 15 is 0 Å². The fraction of sp³-hybridized carbons (Fsp3) is 0.0909. The highest BCUT2D eigenvalue weighted by atomic mass is 35.7. The maximum atomic E-state index is 10.8. The van der Waals surface area contributed by atoms with Gasteiger partial charge in [-0.2, -0.15) is 4.73 Å². The molecule has 0 unspecified atom stereocenters. The predicted octanol–water partition coefficient (Wildman–Crippen LogP) is -4.10. The van der Waals surface area contributed by atoms with Crippen LogP contribution in [0.15, 0.2) is 55.1 Å². The molecule has 102 valence electrons. The maximum absolute atomic E-state index is 10.8. The van der Waals surface area contributed by atoms with E-state index < -0.39 is 10.2 Å². The third-order valence-electron chi connectivity index (χ3n) is 2.01.